The summed E-state index contributed by atoms with van der Waals surface area (Å²) in [4.78, 5) is 0. The molecule has 3 atom stereocenters. The first-order chi connectivity index (χ1) is 7.35. The van der Waals surface area contributed by atoms with Gasteiger partial charge in [0.25, 0.3) is 0 Å². The van der Waals surface area contributed by atoms with Crippen LogP contribution in [0.2, 0.25) is 0 Å². The van der Waals surface area contributed by atoms with E-state index in [2.05, 4.69) is 27.7 Å². The van der Waals surface area contributed by atoms with Crippen LogP contribution in [0.4, 0.5) is 0 Å². The fourth-order valence-corrected chi connectivity index (χ4v) is 3.95. The summed E-state index contributed by atoms with van der Waals surface area (Å²) in [5.41, 5.74) is 3.03. The van der Waals surface area contributed by atoms with Gasteiger partial charge in [-0.2, -0.15) is 0 Å². The average molecular weight is 222 g/mol. The summed E-state index contributed by atoms with van der Waals surface area (Å²) in [6.45, 7) is 8.89. The van der Waals surface area contributed by atoms with Gasteiger partial charge in [0, 0.05) is 0 Å². The first-order valence-corrected chi connectivity index (χ1v) is 6.73. The van der Waals surface area contributed by atoms with Gasteiger partial charge in [0.1, 0.15) is 0 Å². The van der Waals surface area contributed by atoms with Gasteiger partial charge in [-0.3, -0.25) is 0 Å². The largest absolute Gasteiger partial charge is 0.390 e. The average Bonchev–Trinajstić information content (AvgIpc) is 2.15. The molecule has 2 fully saturated rings. The Kier molecular flexibility index (Phi) is 2.94. The number of rotatable bonds is 0. The predicted molar refractivity (Wildman–Crippen MR) is 68.3 cm³/mol. The van der Waals surface area contributed by atoms with Gasteiger partial charge in [-0.15, -0.1) is 0 Å². The molecule has 92 valence electrons. The summed E-state index contributed by atoms with van der Waals surface area (Å²) < 4.78 is 0. The van der Waals surface area contributed by atoms with Crippen molar-refractivity contribution < 1.29 is 5.11 Å². The molecule has 0 amide bonds. The maximum absolute atomic E-state index is 10.6. The van der Waals surface area contributed by atoms with Crippen molar-refractivity contribution in [1.82, 2.24) is 0 Å². The molecule has 0 aromatic heterocycles. The van der Waals surface area contributed by atoms with Crippen LogP contribution in [-0.2, 0) is 0 Å². The maximum atomic E-state index is 10.6. The van der Waals surface area contributed by atoms with E-state index >= 15 is 0 Å². The highest BCUT2D eigenvalue weighted by Crippen LogP contribution is 2.55. The molecule has 16 heavy (non-hydrogen) atoms. The lowest BCUT2D eigenvalue weighted by molar-refractivity contribution is -0.105. The van der Waals surface area contributed by atoms with E-state index in [4.69, 9.17) is 0 Å². The monoisotopic (exact) mass is 222 g/mol. The highest BCUT2D eigenvalue weighted by Gasteiger charge is 2.49. The molecule has 0 aliphatic heterocycles. The quantitative estimate of drug-likeness (QED) is 0.613. The lowest BCUT2D eigenvalue weighted by atomic mass is 9.54. The molecule has 0 saturated heterocycles. The van der Waals surface area contributed by atoms with E-state index in [9.17, 15) is 5.11 Å². The normalized spacial score (nSPS) is 44.1. The molecule has 3 unspecified atom stereocenters. The van der Waals surface area contributed by atoms with Gasteiger partial charge in [0.2, 0.25) is 0 Å². The van der Waals surface area contributed by atoms with Gasteiger partial charge in [0.15, 0.2) is 0 Å². The SMILES string of the molecule is CC(C)=C1CCC2(C)CCCC(C)(O)C2C1. The van der Waals surface area contributed by atoms with Crippen LogP contribution in [0, 0.1) is 11.3 Å². The maximum Gasteiger partial charge on any atom is 0.0656 e. The lowest BCUT2D eigenvalue weighted by Crippen LogP contribution is -2.50. The second kappa shape index (κ2) is 3.87. The van der Waals surface area contributed by atoms with Crippen molar-refractivity contribution in [2.45, 2.75) is 71.8 Å². The number of aliphatic hydroxyl groups is 1. The Hall–Kier alpha value is -0.300. The van der Waals surface area contributed by atoms with Crippen molar-refractivity contribution in [3.63, 3.8) is 0 Å². The van der Waals surface area contributed by atoms with Crippen LogP contribution in [0.5, 0.6) is 0 Å². The zero-order chi connectivity index (χ0) is 12.0. The van der Waals surface area contributed by atoms with E-state index in [1.165, 1.54) is 31.3 Å². The van der Waals surface area contributed by atoms with Crippen molar-refractivity contribution in [3.05, 3.63) is 11.1 Å². The summed E-state index contributed by atoms with van der Waals surface area (Å²) in [6.07, 6.45) is 7.16. The third kappa shape index (κ3) is 1.95. The molecule has 0 aromatic carbocycles. The predicted octanol–water partition coefficient (Wildman–Crippen LogP) is 4.06. The molecule has 0 aromatic rings. The van der Waals surface area contributed by atoms with Gasteiger partial charge in [-0.25, -0.2) is 0 Å². The van der Waals surface area contributed by atoms with E-state index in [1.54, 1.807) is 5.57 Å². The van der Waals surface area contributed by atoms with Gasteiger partial charge in [-0.05, 0) is 64.2 Å². The number of allylic oxidation sites excluding steroid dienone is 2. The van der Waals surface area contributed by atoms with Crippen molar-refractivity contribution >= 4 is 0 Å². The Labute approximate surface area is 99.9 Å². The summed E-state index contributed by atoms with van der Waals surface area (Å²) in [5, 5.41) is 10.6. The van der Waals surface area contributed by atoms with E-state index in [0.717, 1.165) is 12.8 Å². The van der Waals surface area contributed by atoms with Crippen LogP contribution >= 0.6 is 0 Å². The fraction of sp³-hybridized carbons (Fsp3) is 0.867. The Morgan fingerprint density at radius 1 is 1.19 bits per heavy atom. The smallest absolute Gasteiger partial charge is 0.0656 e. The first-order valence-electron chi connectivity index (χ1n) is 6.73. The Balaban J connectivity index is 2.28. The standard InChI is InChI=1S/C15H26O/c1-11(2)12-6-9-14(3)7-5-8-15(4,16)13(14)10-12/h13,16H,5-10H2,1-4H3. The van der Waals surface area contributed by atoms with Crippen molar-refractivity contribution in [3.8, 4) is 0 Å². The lowest BCUT2D eigenvalue weighted by Gasteiger charge is -2.53. The molecule has 2 saturated carbocycles. The fourth-order valence-electron chi connectivity index (χ4n) is 3.95. The highest BCUT2D eigenvalue weighted by atomic mass is 16.3. The third-order valence-corrected chi connectivity index (χ3v) is 5.18. The molecular formula is C15H26O. The van der Waals surface area contributed by atoms with Crippen molar-refractivity contribution in [2.75, 3.05) is 0 Å². The molecule has 1 heteroatoms. The van der Waals surface area contributed by atoms with Gasteiger partial charge in [-0.1, -0.05) is 24.5 Å². The minimum Gasteiger partial charge on any atom is -0.390 e. The van der Waals surface area contributed by atoms with E-state index in [0.29, 0.717) is 11.3 Å². The van der Waals surface area contributed by atoms with Crippen LogP contribution in [-0.4, -0.2) is 10.7 Å². The summed E-state index contributed by atoms with van der Waals surface area (Å²) >= 11 is 0. The molecule has 1 N–H and O–H groups in total. The number of fused-ring (bicyclic) bond motifs is 1. The van der Waals surface area contributed by atoms with Crippen LogP contribution < -0.4 is 0 Å². The molecule has 1 nitrogen and oxygen atoms in total. The van der Waals surface area contributed by atoms with Gasteiger partial charge < -0.3 is 5.11 Å². The van der Waals surface area contributed by atoms with E-state index < -0.39 is 5.60 Å². The van der Waals surface area contributed by atoms with Gasteiger partial charge in [0.05, 0.1) is 5.60 Å². The second-order valence-corrected chi connectivity index (χ2v) is 6.73. The van der Waals surface area contributed by atoms with Crippen molar-refractivity contribution in [2.24, 2.45) is 11.3 Å². The van der Waals surface area contributed by atoms with Crippen LogP contribution in [0.3, 0.4) is 0 Å². The third-order valence-electron chi connectivity index (χ3n) is 5.18. The molecule has 0 bridgehead atoms. The molecule has 2 aliphatic rings. The first kappa shape index (κ1) is 12.2. The minimum absolute atomic E-state index is 0.390. The zero-order valence-corrected chi connectivity index (χ0v) is 11.3. The van der Waals surface area contributed by atoms with Crippen LogP contribution in [0.15, 0.2) is 11.1 Å². The Bertz CT molecular complexity index is 309. The Morgan fingerprint density at radius 3 is 2.50 bits per heavy atom. The highest BCUT2D eigenvalue weighted by molar-refractivity contribution is 5.18. The second-order valence-electron chi connectivity index (χ2n) is 6.73. The van der Waals surface area contributed by atoms with Gasteiger partial charge >= 0.3 is 0 Å². The van der Waals surface area contributed by atoms with Crippen LogP contribution in [0.1, 0.15) is 66.2 Å². The summed E-state index contributed by atoms with van der Waals surface area (Å²) in [5.74, 6) is 0.479. The van der Waals surface area contributed by atoms with E-state index in [1.807, 2.05) is 0 Å². The minimum atomic E-state index is -0.436. The summed E-state index contributed by atoms with van der Waals surface area (Å²) in [6, 6.07) is 0. The van der Waals surface area contributed by atoms with Crippen LogP contribution in [0.25, 0.3) is 0 Å². The molecule has 0 heterocycles. The number of hydrogen-bond acceptors (Lipinski definition) is 1. The summed E-state index contributed by atoms with van der Waals surface area (Å²) in [7, 11) is 0. The molecule has 2 aliphatic carbocycles. The molecular weight excluding hydrogens is 196 g/mol. The van der Waals surface area contributed by atoms with Crippen molar-refractivity contribution in [1.29, 1.82) is 0 Å². The Morgan fingerprint density at radius 2 is 1.88 bits per heavy atom. The topological polar surface area (TPSA) is 20.2 Å². The number of hydrogen-bond donors (Lipinski definition) is 1. The zero-order valence-electron chi connectivity index (χ0n) is 11.3. The molecule has 2 rings (SSSR count). The molecule has 0 spiro atoms. The van der Waals surface area contributed by atoms with E-state index in [-0.39, 0.29) is 0 Å². The molecule has 0 radical (unpaired) electrons.